The minimum atomic E-state index is -4.79. The number of aryl methyl sites for hydroxylation is 1. The van der Waals surface area contributed by atoms with Crippen molar-refractivity contribution in [3.05, 3.63) is 40.6 Å². The number of aromatic nitrogens is 2. The Hall–Kier alpha value is -3.74. The Kier molecular flexibility index (Phi) is 6.11. The first-order valence-electron chi connectivity index (χ1n) is 13.3. The number of ether oxygens (including phenoxy) is 1. The Morgan fingerprint density at radius 1 is 1.27 bits per heavy atom. The fraction of sp³-hybridized carbons (Fsp3) is 0.464. The number of rotatable bonds is 3. The van der Waals surface area contributed by atoms with Crippen LogP contribution in [-0.4, -0.2) is 59.4 Å². The molecule has 2 aromatic heterocycles. The second kappa shape index (κ2) is 9.13. The van der Waals surface area contributed by atoms with Crippen LogP contribution in [0.5, 0.6) is 5.88 Å². The van der Waals surface area contributed by atoms with Crippen molar-refractivity contribution < 1.29 is 31.5 Å². The smallest absolute Gasteiger partial charge is 0.393 e. The lowest BCUT2D eigenvalue weighted by molar-refractivity contribution is -0.127. The molecule has 2 fully saturated rings. The molecule has 3 aromatic rings. The second-order valence-corrected chi connectivity index (χ2v) is 11.4. The molecule has 41 heavy (non-hydrogen) atoms. The van der Waals surface area contributed by atoms with Crippen molar-refractivity contribution >= 4 is 28.2 Å². The summed E-state index contributed by atoms with van der Waals surface area (Å²) < 4.78 is 78.5. The number of fused-ring (bicyclic) bond motifs is 5. The van der Waals surface area contributed by atoms with E-state index in [4.69, 9.17) is 15.5 Å². The van der Waals surface area contributed by atoms with Crippen LogP contribution in [-0.2, 0) is 6.42 Å². The molecule has 1 amide bonds. The van der Waals surface area contributed by atoms with Gasteiger partial charge >= 0.3 is 6.18 Å². The summed E-state index contributed by atoms with van der Waals surface area (Å²) in [6.45, 7) is 5.92. The largest absolute Gasteiger partial charge is 0.472 e. The van der Waals surface area contributed by atoms with E-state index in [9.17, 15) is 22.4 Å². The Morgan fingerprint density at radius 3 is 2.68 bits per heavy atom. The molecule has 8 nitrogen and oxygen atoms in total. The van der Waals surface area contributed by atoms with Crippen LogP contribution in [0.15, 0.2) is 12.1 Å². The maximum atomic E-state index is 16.7. The fourth-order valence-corrected chi connectivity index (χ4v) is 6.71. The maximum absolute atomic E-state index is 16.7. The highest BCUT2D eigenvalue weighted by Gasteiger charge is 2.51. The van der Waals surface area contributed by atoms with E-state index in [-0.39, 0.29) is 51.2 Å². The van der Waals surface area contributed by atoms with E-state index >= 15 is 4.39 Å². The first kappa shape index (κ1) is 27.4. The number of anilines is 2. The molecule has 4 atom stereocenters. The van der Waals surface area contributed by atoms with Gasteiger partial charge in [-0.25, -0.2) is 18.7 Å². The van der Waals surface area contributed by atoms with Crippen molar-refractivity contribution in [3.63, 3.8) is 0 Å². The number of alkyl halides is 3. The summed E-state index contributed by atoms with van der Waals surface area (Å²) in [5.41, 5.74) is 3.66. The molecule has 1 aromatic carbocycles. The number of piperazine rings is 1. The second-order valence-electron chi connectivity index (χ2n) is 11.4. The standard InChI is InChI=1S/C28H29F5N6O2/c1-11-18-19-24(36-21(11)25(40)35-4)39-10-27(3)6-5-17(38-27)23(39)12(2)41-26(19)37-22(20(18)30)14-7-13(34)8-16(29)15(14)9-28(31,32)33/h7-8,12,17,23,38H,5-6,9-10,34H2,1-4H3,(H,35,40)/t12-,17-,23+,27+/m0/s1. The van der Waals surface area contributed by atoms with Crippen molar-refractivity contribution in [3.8, 4) is 17.1 Å². The molecule has 0 spiro atoms. The minimum Gasteiger partial charge on any atom is -0.472 e. The zero-order valence-electron chi connectivity index (χ0n) is 22.8. The number of nitrogens with two attached hydrogens (primary N) is 1. The lowest BCUT2D eigenvalue weighted by Gasteiger charge is -2.46. The van der Waals surface area contributed by atoms with E-state index in [0.29, 0.717) is 12.4 Å². The fourth-order valence-electron chi connectivity index (χ4n) is 6.71. The van der Waals surface area contributed by atoms with Gasteiger partial charge in [-0.3, -0.25) is 4.79 Å². The van der Waals surface area contributed by atoms with Gasteiger partial charge in [0.2, 0.25) is 5.88 Å². The molecule has 4 N–H and O–H groups in total. The number of amides is 1. The van der Waals surface area contributed by atoms with Crippen molar-refractivity contribution in [2.75, 3.05) is 24.2 Å². The molecule has 5 heterocycles. The third-order valence-electron chi connectivity index (χ3n) is 8.45. The van der Waals surface area contributed by atoms with Gasteiger partial charge in [0, 0.05) is 47.4 Å². The number of hydrogen-bond donors (Lipinski definition) is 3. The highest BCUT2D eigenvalue weighted by molar-refractivity contribution is 6.06. The maximum Gasteiger partial charge on any atom is 0.393 e. The molecule has 0 radical (unpaired) electrons. The van der Waals surface area contributed by atoms with Gasteiger partial charge in [0.15, 0.2) is 5.82 Å². The van der Waals surface area contributed by atoms with E-state index < -0.39 is 53.1 Å². The van der Waals surface area contributed by atoms with Gasteiger partial charge in [-0.15, -0.1) is 0 Å². The number of carbonyl (C=O) groups is 1. The number of nitrogens with one attached hydrogen (secondary N) is 2. The molecular formula is C28H29F5N6O2. The average Bonchev–Trinajstić information content (AvgIpc) is 3.13. The van der Waals surface area contributed by atoms with E-state index in [0.717, 1.165) is 25.0 Å². The molecule has 0 unspecified atom stereocenters. The molecule has 0 saturated carbocycles. The first-order valence-corrected chi connectivity index (χ1v) is 13.3. The zero-order valence-corrected chi connectivity index (χ0v) is 22.8. The van der Waals surface area contributed by atoms with Crippen molar-refractivity contribution in [1.29, 1.82) is 0 Å². The van der Waals surface area contributed by atoms with Crippen LogP contribution in [0.4, 0.5) is 33.5 Å². The van der Waals surface area contributed by atoms with Crippen LogP contribution in [0.3, 0.4) is 0 Å². The van der Waals surface area contributed by atoms with Gasteiger partial charge < -0.3 is 26.0 Å². The van der Waals surface area contributed by atoms with Gasteiger partial charge in [-0.1, -0.05) is 0 Å². The SMILES string of the molecule is CNC(=O)c1nc2c3c(nc(-c4cc(N)cc(F)c4CC(F)(F)F)c(F)c3c1C)O[C@@H](C)[C@@H]1[C@@H]3CC[C@](C)(CN21)N3. The van der Waals surface area contributed by atoms with Gasteiger partial charge in [-0.2, -0.15) is 13.2 Å². The monoisotopic (exact) mass is 576 g/mol. The van der Waals surface area contributed by atoms with Gasteiger partial charge in [-0.05, 0) is 51.3 Å². The van der Waals surface area contributed by atoms with Crippen molar-refractivity contribution in [1.82, 2.24) is 20.6 Å². The lowest BCUT2D eigenvalue weighted by atomic mass is 9.94. The summed E-state index contributed by atoms with van der Waals surface area (Å²) in [7, 11) is 1.42. The van der Waals surface area contributed by atoms with Crippen LogP contribution in [0.2, 0.25) is 0 Å². The molecule has 3 aliphatic rings. The number of nitrogen functional groups attached to an aromatic ring is 1. The summed E-state index contributed by atoms with van der Waals surface area (Å²) in [5.74, 6) is -2.58. The first-order chi connectivity index (χ1) is 19.2. The number of pyridine rings is 2. The third-order valence-corrected chi connectivity index (χ3v) is 8.45. The van der Waals surface area contributed by atoms with E-state index in [1.165, 1.54) is 14.0 Å². The zero-order chi connectivity index (χ0) is 29.6. The van der Waals surface area contributed by atoms with Crippen LogP contribution >= 0.6 is 0 Å². The molecular weight excluding hydrogens is 547 g/mol. The predicted molar refractivity (Wildman–Crippen MR) is 143 cm³/mol. The Balaban J connectivity index is 1.70. The topological polar surface area (TPSA) is 105 Å². The summed E-state index contributed by atoms with van der Waals surface area (Å²) >= 11 is 0. The normalized spacial score (nSPS) is 25.1. The van der Waals surface area contributed by atoms with E-state index in [2.05, 4.69) is 22.5 Å². The highest BCUT2D eigenvalue weighted by atomic mass is 19.4. The van der Waals surface area contributed by atoms with Crippen LogP contribution < -0.4 is 26.0 Å². The average molecular weight is 577 g/mol. The summed E-state index contributed by atoms with van der Waals surface area (Å²) in [6.07, 6.45) is -5.20. The van der Waals surface area contributed by atoms with E-state index in [1.54, 1.807) is 0 Å². The number of benzene rings is 1. The van der Waals surface area contributed by atoms with Crippen LogP contribution in [0.1, 0.15) is 48.3 Å². The predicted octanol–water partition coefficient (Wildman–Crippen LogP) is 4.41. The molecule has 0 aliphatic carbocycles. The molecule has 13 heteroatoms. The lowest BCUT2D eigenvalue weighted by Crippen LogP contribution is -2.66. The van der Waals surface area contributed by atoms with E-state index in [1.807, 2.05) is 11.8 Å². The number of carbonyl (C=O) groups excluding carboxylic acids is 1. The van der Waals surface area contributed by atoms with Gasteiger partial charge in [0.05, 0.1) is 17.8 Å². The Morgan fingerprint density at radius 2 is 2.00 bits per heavy atom. The molecule has 2 saturated heterocycles. The van der Waals surface area contributed by atoms with Crippen molar-refractivity contribution in [2.45, 2.75) is 69.9 Å². The minimum absolute atomic E-state index is 0.00499. The van der Waals surface area contributed by atoms with Crippen LogP contribution in [0.25, 0.3) is 22.0 Å². The molecule has 3 aliphatic heterocycles. The summed E-state index contributed by atoms with van der Waals surface area (Å²) in [4.78, 5) is 24.1. The highest BCUT2D eigenvalue weighted by Crippen LogP contribution is 2.47. The van der Waals surface area contributed by atoms with Crippen LogP contribution in [0, 0.1) is 18.6 Å². The number of halogens is 5. The Bertz CT molecular complexity index is 1610. The third kappa shape index (κ3) is 4.32. The van der Waals surface area contributed by atoms with Gasteiger partial charge in [0.1, 0.15) is 29.1 Å². The number of nitrogens with zero attached hydrogens (tertiary/aromatic N) is 3. The Labute approximate surface area is 232 Å². The quantitative estimate of drug-likeness (QED) is 0.314. The molecule has 2 bridgehead atoms. The van der Waals surface area contributed by atoms with Gasteiger partial charge in [0.25, 0.3) is 5.91 Å². The summed E-state index contributed by atoms with van der Waals surface area (Å²) in [5, 5.41) is 6.30. The molecule has 218 valence electrons. The van der Waals surface area contributed by atoms with Crippen molar-refractivity contribution in [2.24, 2.45) is 0 Å². The number of hydrogen-bond acceptors (Lipinski definition) is 7. The molecule has 6 rings (SSSR count). The summed E-state index contributed by atoms with van der Waals surface area (Å²) in [6, 6.07) is 1.57.